The van der Waals surface area contributed by atoms with Gasteiger partial charge in [0.1, 0.15) is 0 Å². The molecule has 0 bridgehead atoms. The molecule has 0 aliphatic carbocycles. The van der Waals surface area contributed by atoms with Crippen molar-refractivity contribution >= 4 is 0 Å². The molecule has 1 fully saturated rings. The van der Waals surface area contributed by atoms with E-state index < -0.39 is 0 Å². The molecule has 6 nitrogen and oxygen atoms in total. The van der Waals surface area contributed by atoms with Gasteiger partial charge in [-0.3, -0.25) is 4.98 Å². The molecular formula is C12H14N4O2. The van der Waals surface area contributed by atoms with Crippen LogP contribution in [0.15, 0.2) is 29.0 Å². The highest BCUT2D eigenvalue weighted by Gasteiger charge is 2.17. The van der Waals surface area contributed by atoms with Crippen molar-refractivity contribution in [2.45, 2.75) is 12.5 Å². The van der Waals surface area contributed by atoms with Crippen molar-refractivity contribution < 1.29 is 9.26 Å². The Kier molecular flexibility index (Phi) is 3.29. The van der Waals surface area contributed by atoms with Crippen molar-refractivity contribution in [2.75, 3.05) is 19.8 Å². The number of ether oxygens (including phenoxy) is 1. The van der Waals surface area contributed by atoms with Crippen LogP contribution >= 0.6 is 0 Å². The molecule has 1 aliphatic rings. The first kappa shape index (κ1) is 11.3. The van der Waals surface area contributed by atoms with Crippen molar-refractivity contribution in [3.8, 4) is 11.4 Å². The van der Waals surface area contributed by atoms with Crippen LogP contribution in [0.3, 0.4) is 0 Å². The Morgan fingerprint density at radius 2 is 2.22 bits per heavy atom. The summed E-state index contributed by atoms with van der Waals surface area (Å²) in [5, 5.41) is 7.32. The highest BCUT2D eigenvalue weighted by Crippen LogP contribution is 2.14. The molecule has 2 aromatic rings. The summed E-state index contributed by atoms with van der Waals surface area (Å²) in [6.45, 7) is 2.32. The van der Waals surface area contributed by atoms with E-state index >= 15 is 0 Å². The highest BCUT2D eigenvalue weighted by atomic mass is 16.5. The predicted octanol–water partition coefficient (Wildman–Crippen LogP) is 0.662. The molecule has 94 valence electrons. The normalized spacial score (nSPS) is 19.9. The van der Waals surface area contributed by atoms with Crippen molar-refractivity contribution in [1.82, 2.24) is 20.4 Å². The third-order valence-corrected chi connectivity index (χ3v) is 2.83. The molecule has 0 saturated carbocycles. The molecule has 0 aromatic carbocycles. The van der Waals surface area contributed by atoms with Crippen LogP contribution in [0.5, 0.6) is 0 Å². The number of hydrogen-bond donors (Lipinski definition) is 1. The van der Waals surface area contributed by atoms with Gasteiger partial charge in [0.25, 0.3) is 0 Å². The second kappa shape index (κ2) is 5.24. The largest absolute Gasteiger partial charge is 0.378 e. The van der Waals surface area contributed by atoms with E-state index in [0.29, 0.717) is 24.7 Å². The Morgan fingerprint density at radius 3 is 3.00 bits per heavy atom. The summed E-state index contributed by atoms with van der Waals surface area (Å²) in [7, 11) is 0. The Bertz CT molecular complexity index is 494. The number of nitrogens with one attached hydrogen (secondary N) is 1. The summed E-state index contributed by atoms with van der Waals surface area (Å²) in [4.78, 5) is 8.33. The lowest BCUT2D eigenvalue weighted by Crippen LogP contribution is -2.42. The minimum absolute atomic E-state index is 0.254. The van der Waals surface area contributed by atoms with Crippen molar-refractivity contribution in [2.24, 2.45) is 0 Å². The predicted molar refractivity (Wildman–Crippen MR) is 63.8 cm³/mol. The van der Waals surface area contributed by atoms with E-state index in [2.05, 4.69) is 20.4 Å². The lowest BCUT2D eigenvalue weighted by atomic mass is 10.2. The highest BCUT2D eigenvalue weighted by molar-refractivity contribution is 5.52. The van der Waals surface area contributed by atoms with Crippen molar-refractivity contribution in [3.05, 3.63) is 30.4 Å². The van der Waals surface area contributed by atoms with Crippen molar-refractivity contribution in [1.29, 1.82) is 0 Å². The van der Waals surface area contributed by atoms with E-state index in [1.165, 1.54) is 0 Å². The molecule has 1 unspecified atom stereocenters. The quantitative estimate of drug-likeness (QED) is 0.857. The summed E-state index contributed by atoms with van der Waals surface area (Å²) in [6.07, 6.45) is 4.11. The minimum atomic E-state index is 0.254. The van der Waals surface area contributed by atoms with Crippen LogP contribution in [0, 0.1) is 0 Å². The standard InChI is InChI=1S/C12H14N4O2/c1-3-13-4-2-9(1)12-15-11(18-16-12)7-10-8-17-6-5-14-10/h1-4,10,14H,5-8H2. The maximum atomic E-state index is 5.39. The molecule has 3 heterocycles. The van der Waals surface area contributed by atoms with Gasteiger partial charge in [0.15, 0.2) is 0 Å². The van der Waals surface area contributed by atoms with Crippen LogP contribution in [0.4, 0.5) is 0 Å². The Balaban J connectivity index is 1.69. The molecule has 2 aromatic heterocycles. The average Bonchev–Trinajstić information content (AvgIpc) is 2.89. The third-order valence-electron chi connectivity index (χ3n) is 2.83. The van der Waals surface area contributed by atoms with E-state index in [1.54, 1.807) is 12.4 Å². The van der Waals surface area contributed by atoms with E-state index in [0.717, 1.165) is 18.7 Å². The zero-order valence-corrected chi connectivity index (χ0v) is 9.87. The zero-order chi connectivity index (χ0) is 12.2. The Labute approximate surface area is 104 Å². The van der Waals surface area contributed by atoms with Gasteiger partial charge in [-0.2, -0.15) is 4.98 Å². The van der Waals surface area contributed by atoms with E-state index in [4.69, 9.17) is 9.26 Å². The summed E-state index contributed by atoms with van der Waals surface area (Å²) in [5.41, 5.74) is 0.910. The Hall–Kier alpha value is -1.79. The van der Waals surface area contributed by atoms with Crippen LogP contribution in [0.2, 0.25) is 0 Å². The summed E-state index contributed by atoms with van der Waals surface area (Å²) in [6, 6.07) is 3.97. The van der Waals surface area contributed by atoms with Gasteiger partial charge < -0.3 is 14.6 Å². The van der Waals surface area contributed by atoms with Crippen LogP contribution in [-0.2, 0) is 11.2 Å². The lowest BCUT2D eigenvalue weighted by Gasteiger charge is -2.22. The minimum Gasteiger partial charge on any atom is -0.378 e. The van der Waals surface area contributed by atoms with E-state index in [9.17, 15) is 0 Å². The fourth-order valence-electron chi connectivity index (χ4n) is 1.92. The molecule has 1 atom stereocenters. The van der Waals surface area contributed by atoms with Crippen LogP contribution in [0.1, 0.15) is 5.89 Å². The van der Waals surface area contributed by atoms with E-state index in [1.807, 2.05) is 12.1 Å². The van der Waals surface area contributed by atoms with Gasteiger partial charge in [-0.15, -0.1) is 0 Å². The molecule has 6 heteroatoms. The molecule has 0 spiro atoms. The lowest BCUT2D eigenvalue weighted by molar-refractivity contribution is 0.0744. The number of morpholine rings is 1. The van der Waals surface area contributed by atoms with Crippen LogP contribution < -0.4 is 5.32 Å². The summed E-state index contributed by atoms with van der Waals surface area (Å²) < 4.78 is 10.6. The summed E-state index contributed by atoms with van der Waals surface area (Å²) >= 11 is 0. The second-order valence-electron chi connectivity index (χ2n) is 4.18. The van der Waals surface area contributed by atoms with Gasteiger partial charge in [-0.25, -0.2) is 0 Å². The SMILES string of the molecule is c1cc(-c2noc(CC3COCCN3)n2)ccn1. The molecule has 0 radical (unpaired) electrons. The summed E-state index contributed by atoms with van der Waals surface area (Å²) in [5.74, 6) is 1.23. The van der Waals surface area contributed by atoms with E-state index in [-0.39, 0.29) is 6.04 Å². The molecule has 18 heavy (non-hydrogen) atoms. The molecule has 1 N–H and O–H groups in total. The van der Waals surface area contributed by atoms with Gasteiger partial charge in [0.2, 0.25) is 11.7 Å². The first-order valence-corrected chi connectivity index (χ1v) is 5.96. The Morgan fingerprint density at radius 1 is 1.33 bits per heavy atom. The van der Waals surface area contributed by atoms with Gasteiger partial charge >= 0.3 is 0 Å². The van der Waals surface area contributed by atoms with Gasteiger partial charge in [0, 0.05) is 37.0 Å². The average molecular weight is 246 g/mol. The maximum Gasteiger partial charge on any atom is 0.228 e. The van der Waals surface area contributed by atoms with Gasteiger partial charge in [-0.05, 0) is 12.1 Å². The third kappa shape index (κ3) is 2.55. The maximum absolute atomic E-state index is 5.39. The number of rotatable bonds is 3. The molecular weight excluding hydrogens is 232 g/mol. The first-order valence-electron chi connectivity index (χ1n) is 5.96. The number of aromatic nitrogens is 3. The van der Waals surface area contributed by atoms with Crippen LogP contribution in [-0.4, -0.2) is 40.9 Å². The topological polar surface area (TPSA) is 73.1 Å². The second-order valence-corrected chi connectivity index (χ2v) is 4.18. The fourth-order valence-corrected chi connectivity index (χ4v) is 1.92. The molecule has 3 rings (SSSR count). The zero-order valence-electron chi connectivity index (χ0n) is 9.87. The van der Waals surface area contributed by atoms with Crippen LogP contribution in [0.25, 0.3) is 11.4 Å². The number of nitrogens with zero attached hydrogens (tertiary/aromatic N) is 3. The molecule has 1 saturated heterocycles. The fraction of sp³-hybridized carbons (Fsp3) is 0.417. The van der Waals surface area contributed by atoms with Gasteiger partial charge in [0.05, 0.1) is 13.2 Å². The molecule has 0 amide bonds. The smallest absolute Gasteiger partial charge is 0.228 e. The number of pyridine rings is 1. The molecule has 1 aliphatic heterocycles. The van der Waals surface area contributed by atoms with Gasteiger partial charge in [-0.1, -0.05) is 5.16 Å². The first-order chi connectivity index (χ1) is 8.92. The number of hydrogen-bond acceptors (Lipinski definition) is 6. The van der Waals surface area contributed by atoms with Crippen molar-refractivity contribution in [3.63, 3.8) is 0 Å². The monoisotopic (exact) mass is 246 g/mol.